The molecule has 0 atom stereocenters. The highest BCUT2D eigenvalue weighted by atomic mass is 32.2. The highest BCUT2D eigenvalue weighted by Crippen LogP contribution is 2.04. The smallest absolute Gasteiger partial charge is 0.303 e. The first-order chi connectivity index (χ1) is 8.87. The van der Waals surface area contributed by atoms with E-state index in [1.165, 1.54) is 6.26 Å². The second kappa shape index (κ2) is 7.22. The largest absolute Gasteiger partial charge is 0.481 e. The van der Waals surface area contributed by atoms with Gasteiger partial charge in [-0.2, -0.15) is 0 Å². The van der Waals surface area contributed by atoms with Crippen molar-refractivity contribution in [2.75, 3.05) is 12.0 Å². The summed E-state index contributed by atoms with van der Waals surface area (Å²) in [6.07, 6.45) is 5.75. The Morgan fingerprint density at radius 2 is 2.11 bits per heavy atom. The van der Waals surface area contributed by atoms with Crippen LogP contribution in [0.5, 0.6) is 0 Å². The van der Waals surface area contributed by atoms with Crippen LogP contribution in [0.4, 0.5) is 0 Å². The summed E-state index contributed by atoms with van der Waals surface area (Å²) < 4.78 is 23.5. The average Bonchev–Trinajstić information content (AvgIpc) is 2.70. The third-order valence-corrected chi connectivity index (χ3v) is 3.59. The minimum absolute atomic E-state index is 0.140. The second-order valence-corrected chi connectivity index (χ2v) is 6.82. The van der Waals surface area contributed by atoms with Gasteiger partial charge in [0.15, 0.2) is 0 Å². The van der Waals surface area contributed by atoms with Crippen molar-refractivity contribution in [2.24, 2.45) is 0 Å². The van der Waals surface area contributed by atoms with Crippen LogP contribution < -0.4 is 0 Å². The first-order valence-corrected chi connectivity index (χ1v) is 8.21. The average molecular weight is 289 g/mol. The molecule has 0 aliphatic rings. The van der Waals surface area contributed by atoms with E-state index in [0.29, 0.717) is 25.8 Å². The molecule has 1 aromatic rings. The predicted octanol–water partition coefficient (Wildman–Crippen LogP) is 0.510. The number of aliphatic carboxylic acids is 1. The lowest BCUT2D eigenvalue weighted by Gasteiger charge is -1.98. The Hall–Kier alpha value is -1.44. The summed E-state index contributed by atoms with van der Waals surface area (Å²) in [5.74, 6) is -0.648. The van der Waals surface area contributed by atoms with Crippen molar-refractivity contribution in [1.29, 1.82) is 0 Å². The Bertz CT molecular complexity index is 510. The second-order valence-electron chi connectivity index (χ2n) is 4.56. The molecule has 1 aromatic heterocycles. The molecule has 108 valence electrons. The van der Waals surface area contributed by atoms with E-state index in [-0.39, 0.29) is 12.2 Å². The van der Waals surface area contributed by atoms with Gasteiger partial charge in [0, 0.05) is 25.4 Å². The first kappa shape index (κ1) is 15.6. The van der Waals surface area contributed by atoms with E-state index in [1.807, 2.05) is 0 Å². The molecule has 0 bridgehead atoms. The van der Waals surface area contributed by atoms with Crippen molar-refractivity contribution < 1.29 is 18.3 Å². The number of aromatic nitrogens is 3. The summed E-state index contributed by atoms with van der Waals surface area (Å²) in [4.78, 5) is 10.3. The number of hydrogen-bond acceptors (Lipinski definition) is 5. The minimum Gasteiger partial charge on any atom is -0.481 e. The molecular weight excluding hydrogens is 270 g/mol. The number of carbonyl (C=O) groups is 1. The summed E-state index contributed by atoms with van der Waals surface area (Å²) >= 11 is 0. The van der Waals surface area contributed by atoms with Crippen molar-refractivity contribution in [3.05, 3.63) is 11.9 Å². The summed E-state index contributed by atoms with van der Waals surface area (Å²) in [6, 6.07) is 0. The quantitative estimate of drug-likeness (QED) is 0.664. The maximum absolute atomic E-state index is 11.0. The number of nitrogens with zero attached hydrogens (tertiary/aromatic N) is 3. The van der Waals surface area contributed by atoms with Gasteiger partial charge in [0.05, 0.1) is 11.4 Å². The zero-order valence-electron chi connectivity index (χ0n) is 10.9. The van der Waals surface area contributed by atoms with E-state index in [4.69, 9.17) is 5.11 Å². The normalized spacial score (nSPS) is 11.6. The maximum Gasteiger partial charge on any atom is 0.303 e. The van der Waals surface area contributed by atoms with Gasteiger partial charge in [0.2, 0.25) is 0 Å². The number of carboxylic acids is 1. The van der Waals surface area contributed by atoms with Crippen LogP contribution in [-0.2, 0) is 27.6 Å². The van der Waals surface area contributed by atoms with Crippen molar-refractivity contribution in [3.63, 3.8) is 0 Å². The molecule has 0 radical (unpaired) electrons. The van der Waals surface area contributed by atoms with Gasteiger partial charge >= 0.3 is 5.97 Å². The van der Waals surface area contributed by atoms with Gasteiger partial charge in [-0.25, -0.2) is 8.42 Å². The summed E-state index contributed by atoms with van der Waals surface area (Å²) in [5, 5.41) is 16.4. The molecule has 0 saturated heterocycles. The lowest BCUT2D eigenvalue weighted by atomic mass is 10.1. The van der Waals surface area contributed by atoms with Crippen LogP contribution in [0.2, 0.25) is 0 Å². The molecule has 0 amide bonds. The van der Waals surface area contributed by atoms with Gasteiger partial charge in [0.1, 0.15) is 9.84 Å². The molecule has 1 heterocycles. The van der Waals surface area contributed by atoms with Crippen molar-refractivity contribution >= 4 is 15.8 Å². The Labute approximate surface area is 112 Å². The van der Waals surface area contributed by atoms with Gasteiger partial charge in [0.25, 0.3) is 0 Å². The Balaban J connectivity index is 2.26. The lowest BCUT2D eigenvalue weighted by Crippen LogP contribution is -2.07. The van der Waals surface area contributed by atoms with Crippen LogP contribution in [0.3, 0.4) is 0 Å². The van der Waals surface area contributed by atoms with E-state index in [0.717, 1.165) is 12.1 Å². The number of hydrogen-bond donors (Lipinski definition) is 1. The third kappa shape index (κ3) is 7.55. The fourth-order valence-electron chi connectivity index (χ4n) is 1.63. The molecular formula is C11H19N3O4S. The van der Waals surface area contributed by atoms with Crippen molar-refractivity contribution in [1.82, 2.24) is 15.0 Å². The number of aryl methyl sites for hydroxylation is 2. The Kier molecular flexibility index (Phi) is 5.94. The van der Waals surface area contributed by atoms with Gasteiger partial charge in [-0.15, -0.1) is 5.10 Å². The number of sulfone groups is 1. The number of unbranched alkanes of at least 4 members (excludes halogenated alkanes) is 1. The van der Waals surface area contributed by atoms with Crippen LogP contribution in [0.25, 0.3) is 0 Å². The topological polar surface area (TPSA) is 102 Å². The maximum atomic E-state index is 11.0. The van der Waals surface area contributed by atoms with Gasteiger partial charge in [-0.1, -0.05) is 5.21 Å². The van der Waals surface area contributed by atoms with Crippen LogP contribution in [0.1, 0.15) is 31.4 Å². The summed E-state index contributed by atoms with van der Waals surface area (Å²) in [5.41, 5.74) is 0.810. The molecule has 0 aliphatic carbocycles. The van der Waals surface area contributed by atoms with Crippen LogP contribution in [0, 0.1) is 0 Å². The molecule has 8 heteroatoms. The van der Waals surface area contributed by atoms with E-state index in [2.05, 4.69) is 10.3 Å². The zero-order chi connectivity index (χ0) is 14.3. The van der Waals surface area contributed by atoms with E-state index in [1.54, 1.807) is 10.9 Å². The van der Waals surface area contributed by atoms with Crippen LogP contribution in [-0.4, -0.2) is 46.5 Å². The van der Waals surface area contributed by atoms with Crippen LogP contribution in [0.15, 0.2) is 6.20 Å². The number of rotatable bonds is 9. The molecule has 0 unspecified atom stereocenters. The van der Waals surface area contributed by atoms with Crippen molar-refractivity contribution in [3.8, 4) is 0 Å². The van der Waals surface area contributed by atoms with Gasteiger partial charge in [-0.05, 0) is 25.7 Å². The molecule has 0 fully saturated rings. The van der Waals surface area contributed by atoms with E-state index >= 15 is 0 Å². The summed E-state index contributed by atoms with van der Waals surface area (Å²) in [6.45, 7) is 0.523. The highest BCUT2D eigenvalue weighted by molar-refractivity contribution is 7.90. The third-order valence-electron chi connectivity index (χ3n) is 2.56. The Morgan fingerprint density at radius 3 is 2.74 bits per heavy atom. The minimum atomic E-state index is -2.93. The molecule has 7 nitrogen and oxygen atoms in total. The fourth-order valence-corrected chi connectivity index (χ4v) is 2.29. The van der Waals surface area contributed by atoms with E-state index in [9.17, 15) is 13.2 Å². The molecule has 1 N–H and O–H groups in total. The predicted molar refractivity (Wildman–Crippen MR) is 69.5 cm³/mol. The number of carboxylic acid groups (broad SMARTS) is 1. The summed E-state index contributed by atoms with van der Waals surface area (Å²) in [7, 11) is -2.93. The molecule has 0 aliphatic heterocycles. The Morgan fingerprint density at radius 1 is 1.37 bits per heavy atom. The van der Waals surface area contributed by atoms with Crippen molar-refractivity contribution in [2.45, 2.75) is 38.6 Å². The highest BCUT2D eigenvalue weighted by Gasteiger charge is 2.05. The SMILES string of the molecule is CS(=O)(=O)CCCn1cc(CCCCC(=O)O)nn1. The molecule has 0 spiro atoms. The van der Waals surface area contributed by atoms with Crippen LogP contribution >= 0.6 is 0 Å². The molecule has 0 saturated carbocycles. The molecule has 1 rings (SSSR count). The first-order valence-electron chi connectivity index (χ1n) is 6.15. The zero-order valence-corrected chi connectivity index (χ0v) is 11.8. The lowest BCUT2D eigenvalue weighted by molar-refractivity contribution is -0.137. The van der Waals surface area contributed by atoms with E-state index < -0.39 is 15.8 Å². The standard InChI is InChI=1S/C11H19N3O4S/c1-19(17,18)8-4-7-14-9-10(12-13-14)5-2-3-6-11(15)16/h9H,2-8H2,1H3,(H,15,16). The molecule has 0 aromatic carbocycles. The fraction of sp³-hybridized carbons (Fsp3) is 0.727. The van der Waals surface area contributed by atoms with Gasteiger partial charge < -0.3 is 5.11 Å². The monoisotopic (exact) mass is 289 g/mol. The molecule has 19 heavy (non-hydrogen) atoms. The van der Waals surface area contributed by atoms with Gasteiger partial charge in [-0.3, -0.25) is 9.48 Å².